The molecule has 1 unspecified atom stereocenters. The molecule has 1 aromatic heterocycles. The van der Waals surface area contributed by atoms with Crippen LogP contribution in [0, 0.1) is 16.0 Å². The molecule has 1 N–H and O–H groups in total. The molecule has 1 heterocycles. The minimum absolute atomic E-state index is 0.0489. The number of imidazole rings is 1. The molecule has 0 saturated carbocycles. The molecule has 18 heavy (non-hydrogen) atoms. The third-order valence-electron chi connectivity index (χ3n) is 2.90. The Morgan fingerprint density at radius 2 is 2.11 bits per heavy atom. The molecule has 1 aromatic carbocycles. The van der Waals surface area contributed by atoms with Gasteiger partial charge in [-0.1, -0.05) is 38.6 Å². The van der Waals surface area contributed by atoms with Crippen LogP contribution >= 0.6 is 11.8 Å². The lowest BCUT2D eigenvalue weighted by Crippen LogP contribution is -2.05. The number of nitro benzene ring substituents is 1. The quantitative estimate of drug-likeness (QED) is 0.520. The number of nitrogens with zero attached hydrogens (tertiary/aromatic N) is 2. The van der Waals surface area contributed by atoms with Crippen LogP contribution in [0.15, 0.2) is 23.4 Å². The van der Waals surface area contributed by atoms with Crippen LogP contribution in [0.2, 0.25) is 0 Å². The van der Waals surface area contributed by atoms with Gasteiger partial charge in [-0.15, -0.1) is 0 Å². The van der Waals surface area contributed by atoms with Crippen molar-refractivity contribution in [3.63, 3.8) is 0 Å². The highest BCUT2D eigenvalue weighted by Gasteiger charge is 2.17. The summed E-state index contributed by atoms with van der Waals surface area (Å²) < 4.78 is 0. The third-order valence-corrected chi connectivity index (χ3v) is 4.24. The molecule has 0 bridgehead atoms. The van der Waals surface area contributed by atoms with E-state index in [-0.39, 0.29) is 5.69 Å². The Labute approximate surface area is 109 Å². The van der Waals surface area contributed by atoms with E-state index in [0.717, 1.165) is 5.16 Å². The van der Waals surface area contributed by atoms with Crippen LogP contribution in [-0.2, 0) is 0 Å². The summed E-state index contributed by atoms with van der Waals surface area (Å²) >= 11 is 1.61. The summed E-state index contributed by atoms with van der Waals surface area (Å²) in [6.07, 6.45) is 0. The minimum Gasteiger partial charge on any atom is -0.333 e. The SMILES string of the molecule is CC(C)C(C)Sc1nc2c([N+](=O)[O-])cccc2[nH]1. The largest absolute Gasteiger partial charge is 0.333 e. The zero-order valence-corrected chi connectivity index (χ0v) is 11.3. The maximum atomic E-state index is 10.9. The number of rotatable bonds is 4. The van der Waals surface area contributed by atoms with Crippen LogP contribution in [-0.4, -0.2) is 20.1 Å². The zero-order valence-electron chi connectivity index (χ0n) is 10.5. The van der Waals surface area contributed by atoms with E-state index in [4.69, 9.17) is 0 Å². The van der Waals surface area contributed by atoms with E-state index in [0.29, 0.717) is 22.2 Å². The molecule has 2 rings (SSSR count). The summed E-state index contributed by atoms with van der Waals surface area (Å²) in [7, 11) is 0. The molecule has 0 aliphatic carbocycles. The maximum Gasteiger partial charge on any atom is 0.297 e. The summed E-state index contributed by atoms with van der Waals surface area (Å²) in [5.41, 5.74) is 1.19. The van der Waals surface area contributed by atoms with Crippen molar-refractivity contribution in [2.45, 2.75) is 31.2 Å². The molecule has 5 nitrogen and oxygen atoms in total. The Balaban J connectivity index is 2.38. The maximum absolute atomic E-state index is 10.9. The molecule has 0 radical (unpaired) electrons. The summed E-state index contributed by atoms with van der Waals surface area (Å²) in [6.45, 7) is 6.41. The number of hydrogen-bond acceptors (Lipinski definition) is 4. The van der Waals surface area contributed by atoms with Crippen molar-refractivity contribution in [3.05, 3.63) is 28.3 Å². The van der Waals surface area contributed by atoms with Crippen LogP contribution in [0.1, 0.15) is 20.8 Å². The van der Waals surface area contributed by atoms with Crippen LogP contribution in [0.3, 0.4) is 0 Å². The van der Waals surface area contributed by atoms with Gasteiger partial charge in [0, 0.05) is 11.3 Å². The van der Waals surface area contributed by atoms with E-state index >= 15 is 0 Å². The highest BCUT2D eigenvalue weighted by atomic mass is 32.2. The lowest BCUT2D eigenvalue weighted by atomic mass is 10.2. The van der Waals surface area contributed by atoms with E-state index in [2.05, 4.69) is 30.7 Å². The number of hydrogen-bond donors (Lipinski definition) is 1. The first-order valence-electron chi connectivity index (χ1n) is 5.79. The second kappa shape index (κ2) is 4.97. The number of fused-ring (bicyclic) bond motifs is 1. The molecule has 96 valence electrons. The average molecular weight is 265 g/mol. The summed E-state index contributed by atoms with van der Waals surface area (Å²) in [6, 6.07) is 4.95. The van der Waals surface area contributed by atoms with Crippen molar-refractivity contribution in [1.29, 1.82) is 0 Å². The topological polar surface area (TPSA) is 71.8 Å². The van der Waals surface area contributed by atoms with Gasteiger partial charge < -0.3 is 4.98 Å². The van der Waals surface area contributed by atoms with E-state index in [1.165, 1.54) is 6.07 Å². The molecule has 1 atom stereocenters. The van der Waals surface area contributed by atoms with Gasteiger partial charge in [-0.25, -0.2) is 4.98 Å². The van der Waals surface area contributed by atoms with Gasteiger partial charge in [-0.3, -0.25) is 10.1 Å². The average Bonchev–Trinajstić information content (AvgIpc) is 2.70. The van der Waals surface area contributed by atoms with Crippen LogP contribution in [0.5, 0.6) is 0 Å². The van der Waals surface area contributed by atoms with E-state index < -0.39 is 4.92 Å². The number of aromatic amines is 1. The molecule has 0 aliphatic heterocycles. The number of non-ortho nitro benzene ring substituents is 1. The van der Waals surface area contributed by atoms with Gasteiger partial charge in [0.1, 0.15) is 0 Å². The molecular formula is C12H15N3O2S. The fraction of sp³-hybridized carbons (Fsp3) is 0.417. The van der Waals surface area contributed by atoms with Crippen LogP contribution < -0.4 is 0 Å². The molecular weight excluding hydrogens is 250 g/mol. The number of para-hydroxylation sites is 1. The molecule has 6 heteroatoms. The second-order valence-electron chi connectivity index (χ2n) is 4.54. The Hall–Kier alpha value is -1.56. The second-order valence-corrected chi connectivity index (χ2v) is 5.91. The highest BCUT2D eigenvalue weighted by Crippen LogP contribution is 2.30. The predicted molar refractivity (Wildman–Crippen MR) is 72.9 cm³/mol. The van der Waals surface area contributed by atoms with Crippen LogP contribution in [0.25, 0.3) is 11.0 Å². The Morgan fingerprint density at radius 3 is 2.72 bits per heavy atom. The first kappa shape index (κ1) is 12.9. The van der Waals surface area contributed by atoms with Crippen molar-refractivity contribution < 1.29 is 4.92 Å². The number of nitro groups is 1. The smallest absolute Gasteiger partial charge is 0.297 e. The lowest BCUT2D eigenvalue weighted by molar-refractivity contribution is -0.383. The molecule has 0 aliphatic rings. The first-order valence-corrected chi connectivity index (χ1v) is 6.66. The molecule has 0 saturated heterocycles. The van der Waals surface area contributed by atoms with E-state index in [9.17, 15) is 10.1 Å². The highest BCUT2D eigenvalue weighted by molar-refractivity contribution is 7.99. The Bertz CT molecular complexity index is 580. The van der Waals surface area contributed by atoms with Gasteiger partial charge in [0.15, 0.2) is 10.7 Å². The molecule has 0 spiro atoms. The van der Waals surface area contributed by atoms with Crippen molar-refractivity contribution in [2.24, 2.45) is 5.92 Å². The van der Waals surface area contributed by atoms with Crippen molar-refractivity contribution in [3.8, 4) is 0 Å². The van der Waals surface area contributed by atoms with Crippen molar-refractivity contribution in [2.75, 3.05) is 0 Å². The monoisotopic (exact) mass is 265 g/mol. The third kappa shape index (κ3) is 2.48. The summed E-state index contributed by atoms with van der Waals surface area (Å²) in [5.74, 6) is 0.526. The molecule has 2 aromatic rings. The van der Waals surface area contributed by atoms with Crippen molar-refractivity contribution >= 4 is 28.5 Å². The van der Waals surface area contributed by atoms with Gasteiger partial charge in [0.2, 0.25) is 0 Å². The number of aromatic nitrogens is 2. The fourth-order valence-electron chi connectivity index (χ4n) is 1.51. The number of benzene rings is 1. The Morgan fingerprint density at radius 1 is 1.39 bits per heavy atom. The van der Waals surface area contributed by atoms with E-state index in [1.54, 1.807) is 23.9 Å². The predicted octanol–water partition coefficient (Wildman–Crippen LogP) is 3.61. The fourth-order valence-corrected chi connectivity index (χ4v) is 2.45. The standard InChI is InChI=1S/C12H15N3O2S/c1-7(2)8(3)18-12-13-9-5-4-6-10(15(16)17)11(9)14-12/h4-8H,1-3H3,(H,13,14). The van der Waals surface area contributed by atoms with Gasteiger partial charge in [-0.05, 0) is 12.0 Å². The summed E-state index contributed by atoms with van der Waals surface area (Å²) in [5, 5.41) is 12.0. The number of H-pyrrole nitrogens is 1. The number of thioether (sulfide) groups is 1. The zero-order chi connectivity index (χ0) is 13.3. The lowest BCUT2D eigenvalue weighted by Gasteiger charge is -2.12. The summed E-state index contributed by atoms with van der Waals surface area (Å²) in [4.78, 5) is 17.9. The number of nitrogens with one attached hydrogen (secondary N) is 1. The minimum atomic E-state index is -0.399. The normalized spacial score (nSPS) is 13.1. The van der Waals surface area contributed by atoms with Crippen LogP contribution in [0.4, 0.5) is 5.69 Å². The van der Waals surface area contributed by atoms with E-state index in [1.807, 2.05) is 0 Å². The molecule has 0 amide bonds. The Kier molecular flexibility index (Phi) is 3.56. The van der Waals surface area contributed by atoms with Gasteiger partial charge in [-0.2, -0.15) is 0 Å². The van der Waals surface area contributed by atoms with Crippen molar-refractivity contribution in [1.82, 2.24) is 9.97 Å². The van der Waals surface area contributed by atoms with Gasteiger partial charge in [0.05, 0.1) is 10.4 Å². The molecule has 0 fully saturated rings. The van der Waals surface area contributed by atoms with Gasteiger partial charge in [0.25, 0.3) is 5.69 Å². The first-order chi connectivity index (χ1) is 8.49. The van der Waals surface area contributed by atoms with Gasteiger partial charge >= 0.3 is 0 Å².